The number of hydrogen-bond donors (Lipinski definition) is 0. The molecule has 18 heavy (non-hydrogen) atoms. The molecule has 0 amide bonds. The first kappa shape index (κ1) is 12.4. The van der Waals surface area contributed by atoms with E-state index in [1.165, 1.54) is 0 Å². The van der Waals surface area contributed by atoms with E-state index in [0.717, 1.165) is 16.7 Å². The van der Waals surface area contributed by atoms with Gasteiger partial charge in [-0.05, 0) is 26.0 Å². The van der Waals surface area contributed by atoms with Crippen LogP contribution in [0.4, 0.5) is 0 Å². The number of nitrogens with zero attached hydrogens (tertiary/aromatic N) is 3. The highest BCUT2D eigenvalue weighted by Gasteiger charge is 2.12. The Kier molecular flexibility index (Phi) is 3.23. The summed E-state index contributed by atoms with van der Waals surface area (Å²) in [6.07, 6.45) is 1.56. The van der Waals surface area contributed by atoms with Crippen LogP contribution < -0.4 is 5.01 Å². The molecule has 0 saturated heterocycles. The van der Waals surface area contributed by atoms with E-state index in [-0.39, 0.29) is 5.97 Å². The van der Waals surface area contributed by atoms with Gasteiger partial charge in [0.05, 0.1) is 12.2 Å². The standard InChI is InChI=1S/C13H17N3O2/c1-5-18-13(17)11-7-10-6-9(2)16(15(3)4)12(10)14-8-11/h6-8H,5H2,1-4H3. The second-order valence-corrected chi connectivity index (χ2v) is 4.30. The third-order valence-corrected chi connectivity index (χ3v) is 2.71. The van der Waals surface area contributed by atoms with Gasteiger partial charge >= 0.3 is 5.97 Å². The van der Waals surface area contributed by atoms with Crippen molar-refractivity contribution in [1.82, 2.24) is 9.66 Å². The fraction of sp³-hybridized carbons (Fsp3) is 0.385. The smallest absolute Gasteiger partial charge is 0.339 e. The molecule has 0 aliphatic heterocycles. The molecule has 0 aliphatic carbocycles. The summed E-state index contributed by atoms with van der Waals surface area (Å²) in [6.45, 7) is 4.16. The predicted octanol–water partition coefficient (Wildman–Crippen LogP) is 1.72. The van der Waals surface area contributed by atoms with Crippen molar-refractivity contribution in [2.75, 3.05) is 25.7 Å². The first-order chi connectivity index (χ1) is 8.54. The summed E-state index contributed by atoms with van der Waals surface area (Å²) in [5, 5.41) is 2.89. The number of aromatic nitrogens is 2. The van der Waals surface area contributed by atoms with Crippen molar-refractivity contribution in [3.05, 3.63) is 29.6 Å². The molecule has 0 aliphatic rings. The van der Waals surface area contributed by atoms with Gasteiger partial charge in [0.2, 0.25) is 0 Å². The van der Waals surface area contributed by atoms with Crippen LogP contribution in [0.3, 0.4) is 0 Å². The van der Waals surface area contributed by atoms with Crippen LogP contribution in [0.25, 0.3) is 11.0 Å². The Hall–Kier alpha value is -2.04. The lowest BCUT2D eigenvalue weighted by molar-refractivity contribution is 0.0526. The van der Waals surface area contributed by atoms with Crippen LogP contribution in [-0.2, 0) is 4.74 Å². The van der Waals surface area contributed by atoms with Crippen molar-refractivity contribution in [2.24, 2.45) is 0 Å². The molecule has 0 bridgehead atoms. The number of carbonyl (C=O) groups excluding carboxylic acids is 1. The molecule has 2 aromatic heterocycles. The lowest BCUT2D eigenvalue weighted by Gasteiger charge is -2.17. The van der Waals surface area contributed by atoms with Crippen LogP contribution >= 0.6 is 0 Å². The number of carbonyl (C=O) groups is 1. The van der Waals surface area contributed by atoms with Crippen molar-refractivity contribution < 1.29 is 9.53 Å². The summed E-state index contributed by atoms with van der Waals surface area (Å²) in [4.78, 5) is 16.0. The molecule has 0 spiro atoms. The summed E-state index contributed by atoms with van der Waals surface area (Å²) >= 11 is 0. The molecular weight excluding hydrogens is 230 g/mol. The topological polar surface area (TPSA) is 47.4 Å². The fourth-order valence-corrected chi connectivity index (χ4v) is 2.04. The molecular formula is C13H17N3O2. The zero-order chi connectivity index (χ0) is 13.3. The highest BCUT2D eigenvalue weighted by Crippen LogP contribution is 2.18. The zero-order valence-corrected chi connectivity index (χ0v) is 11.1. The first-order valence-corrected chi connectivity index (χ1v) is 5.87. The summed E-state index contributed by atoms with van der Waals surface area (Å²) < 4.78 is 6.96. The van der Waals surface area contributed by atoms with Crippen LogP contribution in [0.15, 0.2) is 18.3 Å². The summed E-state index contributed by atoms with van der Waals surface area (Å²) in [5.41, 5.74) is 2.40. The second kappa shape index (κ2) is 4.68. The SMILES string of the molecule is CCOC(=O)c1cnc2c(c1)cc(C)n2N(C)C. The van der Waals surface area contributed by atoms with Gasteiger partial charge in [0.1, 0.15) is 0 Å². The van der Waals surface area contributed by atoms with Gasteiger partial charge in [-0.1, -0.05) is 0 Å². The third-order valence-electron chi connectivity index (χ3n) is 2.71. The largest absolute Gasteiger partial charge is 0.462 e. The number of fused-ring (bicyclic) bond motifs is 1. The van der Waals surface area contributed by atoms with Crippen LogP contribution in [0.2, 0.25) is 0 Å². The van der Waals surface area contributed by atoms with Crippen molar-refractivity contribution in [3.8, 4) is 0 Å². The fourth-order valence-electron chi connectivity index (χ4n) is 2.04. The van der Waals surface area contributed by atoms with E-state index in [4.69, 9.17) is 4.74 Å². The summed E-state index contributed by atoms with van der Waals surface area (Å²) in [7, 11) is 3.90. The summed E-state index contributed by atoms with van der Waals surface area (Å²) in [6, 6.07) is 3.82. The van der Waals surface area contributed by atoms with Gasteiger partial charge in [0.25, 0.3) is 0 Å². The van der Waals surface area contributed by atoms with E-state index < -0.39 is 0 Å². The lowest BCUT2D eigenvalue weighted by Crippen LogP contribution is -2.25. The van der Waals surface area contributed by atoms with Crippen LogP contribution in [0.1, 0.15) is 23.0 Å². The van der Waals surface area contributed by atoms with Gasteiger partial charge in [-0.3, -0.25) is 0 Å². The van der Waals surface area contributed by atoms with Gasteiger partial charge in [-0.2, -0.15) is 0 Å². The molecule has 2 rings (SSSR count). The molecule has 96 valence electrons. The number of ether oxygens (including phenoxy) is 1. The van der Waals surface area contributed by atoms with Crippen LogP contribution in [-0.4, -0.2) is 36.3 Å². The lowest BCUT2D eigenvalue weighted by atomic mass is 10.2. The number of hydrogen-bond acceptors (Lipinski definition) is 4. The maximum atomic E-state index is 11.6. The molecule has 0 fully saturated rings. The van der Waals surface area contributed by atoms with E-state index in [1.807, 2.05) is 42.8 Å². The first-order valence-electron chi connectivity index (χ1n) is 5.87. The Morgan fingerprint density at radius 2 is 2.17 bits per heavy atom. The van der Waals surface area contributed by atoms with Crippen molar-refractivity contribution in [2.45, 2.75) is 13.8 Å². The zero-order valence-electron chi connectivity index (χ0n) is 11.1. The highest BCUT2D eigenvalue weighted by atomic mass is 16.5. The maximum absolute atomic E-state index is 11.6. The molecule has 2 heterocycles. The van der Waals surface area contributed by atoms with E-state index >= 15 is 0 Å². The predicted molar refractivity (Wildman–Crippen MR) is 70.5 cm³/mol. The molecule has 2 aromatic rings. The average molecular weight is 247 g/mol. The molecule has 0 unspecified atom stereocenters. The Morgan fingerprint density at radius 1 is 1.44 bits per heavy atom. The minimum Gasteiger partial charge on any atom is -0.462 e. The Bertz CT molecular complexity index is 587. The Balaban J connectivity index is 2.51. The minimum atomic E-state index is -0.331. The van der Waals surface area contributed by atoms with E-state index in [1.54, 1.807) is 13.1 Å². The Labute approximate surface area is 106 Å². The molecule has 5 nitrogen and oxygen atoms in total. The van der Waals surface area contributed by atoms with Crippen LogP contribution in [0, 0.1) is 6.92 Å². The van der Waals surface area contributed by atoms with E-state index in [9.17, 15) is 4.79 Å². The Morgan fingerprint density at radius 3 is 2.78 bits per heavy atom. The highest BCUT2D eigenvalue weighted by molar-refractivity contribution is 5.93. The third kappa shape index (κ3) is 2.03. The molecule has 0 radical (unpaired) electrons. The molecule has 0 N–H and O–H groups in total. The number of pyridine rings is 1. The van der Waals surface area contributed by atoms with E-state index in [2.05, 4.69) is 4.98 Å². The number of rotatable bonds is 3. The molecule has 0 atom stereocenters. The van der Waals surface area contributed by atoms with Crippen molar-refractivity contribution in [1.29, 1.82) is 0 Å². The average Bonchev–Trinajstić information content (AvgIpc) is 2.63. The monoisotopic (exact) mass is 247 g/mol. The van der Waals surface area contributed by atoms with Gasteiger partial charge in [-0.15, -0.1) is 0 Å². The van der Waals surface area contributed by atoms with Gasteiger partial charge in [-0.25, -0.2) is 14.5 Å². The normalized spacial score (nSPS) is 10.7. The number of esters is 1. The summed E-state index contributed by atoms with van der Waals surface area (Å²) in [5.74, 6) is -0.331. The van der Waals surface area contributed by atoms with E-state index in [0.29, 0.717) is 12.2 Å². The van der Waals surface area contributed by atoms with Crippen molar-refractivity contribution in [3.63, 3.8) is 0 Å². The quantitative estimate of drug-likeness (QED) is 0.775. The second-order valence-electron chi connectivity index (χ2n) is 4.30. The van der Waals surface area contributed by atoms with Gasteiger partial charge in [0, 0.05) is 31.4 Å². The van der Waals surface area contributed by atoms with Crippen molar-refractivity contribution >= 4 is 17.0 Å². The molecule has 0 aromatic carbocycles. The number of aryl methyl sites for hydroxylation is 1. The molecule has 0 saturated carbocycles. The van der Waals surface area contributed by atoms with Gasteiger partial charge in [0.15, 0.2) is 5.65 Å². The molecule has 5 heteroatoms. The maximum Gasteiger partial charge on any atom is 0.339 e. The minimum absolute atomic E-state index is 0.331. The van der Waals surface area contributed by atoms with Gasteiger partial charge < -0.3 is 9.75 Å². The van der Waals surface area contributed by atoms with Crippen LogP contribution in [0.5, 0.6) is 0 Å².